The minimum Gasteiger partial charge on any atom is -0.490 e. The molecule has 24 heteroatoms. The van der Waals surface area contributed by atoms with Crippen molar-refractivity contribution in [3.8, 4) is 11.5 Å². The van der Waals surface area contributed by atoms with E-state index in [4.69, 9.17) is 18.9 Å². The van der Waals surface area contributed by atoms with Crippen LogP contribution in [-0.4, -0.2) is 130 Å². The lowest BCUT2D eigenvalue weighted by Crippen LogP contribution is -2.39. The van der Waals surface area contributed by atoms with Gasteiger partial charge in [-0.15, -0.1) is 0 Å². The van der Waals surface area contributed by atoms with Crippen molar-refractivity contribution in [2.75, 3.05) is 90.4 Å². The first-order valence-electron chi connectivity index (χ1n) is 20.9. The summed E-state index contributed by atoms with van der Waals surface area (Å²) in [5, 5.41) is 28.8. The molecule has 0 saturated heterocycles. The minimum atomic E-state index is -1.20. The van der Waals surface area contributed by atoms with Gasteiger partial charge >= 0.3 is 34.7 Å². The lowest BCUT2D eigenvalue weighted by molar-refractivity contribution is -0.385. The molecular weight excluding hydrogens is 869 g/mol. The Bertz CT molecular complexity index is 2430. The molecule has 2 N–H and O–H groups in total. The van der Waals surface area contributed by atoms with Crippen molar-refractivity contribution in [1.82, 2.24) is 28.1 Å². The Balaban J connectivity index is 1.34. The maximum Gasteiger partial charge on any atom is 0.417 e. The summed E-state index contributed by atoms with van der Waals surface area (Å²) in [4.78, 5) is 100. The highest BCUT2D eigenvalue weighted by molar-refractivity contribution is 6.29. The molecule has 358 valence electrons. The summed E-state index contributed by atoms with van der Waals surface area (Å²) in [5.41, 5.74) is -0.676. The second-order valence-electron chi connectivity index (χ2n) is 15.1. The average Bonchev–Trinajstić information content (AvgIpc) is 3.29. The van der Waals surface area contributed by atoms with E-state index < -0.39 is 44.3 Å². The van der Waals surface area contributed by atoms with Gasteiger partial charge in [-0.3, -0.25) is 57.9 Å². The molecule has 24 nitrogen and oxygen atoms in total. The smallest absolute Gasteiger partial charge is 0.417 e. The van der Waals surface area contributed by atoms with E-state index >= 15 is 0 Å². The number of nitrogens with one attached hydrogen (secondary N) is 2. The zero-order valence-corrected chi connectivity index (χ0v) is 37.8. The summed E-state index contributed by atoms with van der Waals surface area (Å²) in [6.45, 7) is 2.29. The Labute approximate surface area is 378 Å². The fourth-order valence-electron chi connectivity index (χ4n) is 6.88. The van der Waals surface area contributed by atoms with E-state index in [1.165, 1.54) is 75.8 Å². The van der Waals surface area contributed by atoms with E-state index in [9.17, 15) is 49.0 Å². The standard InChI is InChI=1S/C42H56N10O14/c1-45-35(27-37(53)47(3)41(45)57)43-15-19-49(17-7-9-29-11-13-31(51(59)60)33(25-29)63-5)21-23-65-39(55)40(56)66-24-22-50(20-16-44-36-28-38(54)48(4)42(58)46(36)2)18-8-10-30-12-14-32(52(61)62)34(26-30)64-6/h11-14,25-28,43-44H,7-10,15-24H2,1-6H3. The number of nitro benzene ring substituents is 2. The normalized spacial score (nSPS) is 11.1. The largest absolute Gasteiger partial charge is 0.490 e. The molecule has 0 saturated carbocycles. The van der Waals surface area contributed by atoms with Gasteiger partial charge in [-0.05, 0) is 62.0 Å². The number of aromatic nitrogens is 4. The van der Waals surface area contributed by atoms with Gasteiger partial charge in [0, 0.05) is 91.7 Å². The summed E-state index contributed by atoms with van der Waals surface area (Å²) in [7, 11) is 8.50. The van der Waals surface area contributed by atoms with E-state index in [2.05, 4.69) is 10.6 Å². The van der Waals surface area contributed by atoms with Crippen LogP contribution in [-0.2, 0) is 60.1 Å². The number of aryl methyl sites for hydroxylation is 2. The number of nitro groups is 2. The molecule has 2 aromatic heterocycles. The molecule has 0 amide bonds. The van der Waals surface area contributed by atoms with Crippen molar-refractivity contribution in [3.63, 3.8) is 0 Å². The van der Waals surface area contributed by atoms with Crippen LogP contribution in [0.15, 0.2) is 67.7 Å². The Morgan fingerprint density at radius 1 is 0.576 bits per heavy atom. The first-order chi connectivity index (χ1) is 31.4. The highest BCUT2D eigenvalue weighted by Gasteiger charge is 2.20. The van der Waals surface area contributed by atoms with Crippen LogP contribution in [0.1, 0.15) is 24.0 Å². The third-order valence-electron chi connectivity index (χ3n) is 10.7. The SMILES string of the molecule is COc1cc(CCCN(CCNc2cc(=O)n(C)c(=O)n2C)CCOC(=O)C(=O)OCCN(CCCc2ccc([N+](=O)[O-])c(OC)c2)CCNc2cc(=O)n(C)c(=O)n2C)ccc1[N+](=O)[O-]. The first kappa shape index (κ1) is 51.3. The molecule has 4 aromatic rings. The predicted octanol–water partition coefficient (Wildman–Crippen LogP) is 0.795. The van der Waals surface area contributed by atoms with Crippen LogP contribution in [0.4, 0.5) is 23.0 Å². The Morgan fingerprint density at radius 2 is 0.955 bits per heavy atom. The molecule has 0 fully saturated rings. The molecule has 0 atom stereocenters. The third kappa shape index (κ3) is 14.3. The van der Waals surface area contributed by atoms with Gasteiger partial charge in [0.2, 0.25) is 0 Å². The number of hydrogen-bond donors (Lipinski definition) is 2. The van der Waals surface area contributed by atoms with Crippen LogP contribution in [0.2, 0.25) is 0 Å². The molecule has 0 unspecified atom stereocenters. The summed E-state index contributed by atoms with van der Waals surface area (Å²) >= 11 is 0. The van der Waals surface area contributed by atoms with E-state index in [0.29, 0.717) is 63.5 Å². The molecule has 2 heterocycles. The van der Waals surface area contributed by atoms with Gasteiger partial charge in [0.25, 0.3) is 11.1 Å². The van der Waals surface area contributed by atoms with Crippen molar-refractivity contribution >= 4 is 34.9 Å². The zero-order valence-electron chi connectivity index (χ0n) is 37.8. The number of nitrogens with zero attached hydrogens (tertiary/aromatic N) is 8. The van der Waals surface area contributed by atoms with Gasteiger partial charge in [0.1, 0.15) is 24.8 Å². The average molecular weight is 925 g/mol. The first-order valence-corrected chi connectivity index (χ1v) is 20.9. The second kappa shape index (κ2) is 24.6. The maximum absolute atomic E-state index is 12.8. The molecule has 0 aliphatic rings. The molecule has 2 aromatic carbocycles. The van der Waals surface area contributed by atoms with Gasteiger partial charge in [0.05, 0.1) is 24.1 Å². The fraction of sp³-hybridized carbons (Fsp3) is 0.476. The van der Waals surface area contributed by atoms with Crippen LogP contribution in [0, 0.1) is 20.2 Å². The predicted molar refractivity (Wildman–Crippen MR) is 242 cm³/mol. The molecule has 66 heavy (non-hydrogen) atoms. The Morgan fingerprint density at radius 3 is 1.30 bits per heavy atom. The van der Waals surface area contributed by atoms with Crippen LogP contribution < -0.4 is 42.6 Å². The summed E-state index contributed by atoms with van der Waals surface area (Å²) in [5.74, 6) is -1.51. The highest BCUT2D eigenvalue weighted by Crippen LogP contribution is 2.29. The second-order valence-corrected chi connectivity index (χ2v) is 15.1. The minimum absolute atomic E-state index is 0.133. The Hall–Kier alpha value is -7.34. The van der Waals surface area contributed by atoms with Gasteiger partial charge in [-0.1, -0.05) is 12.1 Å². The van der Waals surface area contributed by atoms with Gasteiger partial charge < -0.3 is 29.6 Å². The molecule has 0 aliphatic carbocycles. The van der Waals surface area contributed by atoms with Crippen LogP contribution in [0.5, 0.6) is 11.5 Å². The monoisotopic (exact) mass is 924 g/mol. The van der Waals surface area contributed by atoms with Gasteiger partial charge in [-0.25, -0.2) is 19.2 Å². The quantitative estimate of drug-likeness (QED) is 0.0381. The number of esters is 2. The molecule has 0 spiro atoms. The number of hydrogen-bond acceptors (Lipinski definition) is 18. The van der Waals surface area contributed by atoms with Gasteiger partial charge in [-0.2, -0.15) is 0 Å². The van der Waals surface area contributed by atoms with Crippen LogP contribution >= 0.6 is 0 Å². The van der Waals surface area contributed by atoms with E-state index in [1.807, 2.05) is 9.80 Å². The molecule has 0 radical (unpaired) electrons. The number of ether oxygens (including phenoxy) is 4. The number of carbonyl (C=O) groups is 2. The van der Waals surface area contributed by atoms with E-state index in [1.54, 1.807) is 24.3 Å². The zero-order chi connectivity index (χ0) is 48.5. The molecule has 4 rings (SSSR count). The van der Waals surface area contributed by atoms with Crippen LogP contribution in [0.3, 0.4) is 0 Å². The lowest BCUT2D eigenvalue weighted by Gasteiger charge is -2.23. The topological polar surface area (TPSA) is 276 Å². The van der Waals surface area contributed by atoms with Crippen molar-refractivity contribution in [2.45, 2.75) is 25.7 Å². The number of benzene rings is 2. The van der Waals surface area contributed by atoms with Crippen molar-refractivity contribution in [3.05, 3.63) is 122 Å². The fourth-order valence-corrected chi connectivity index (χ4v) is 6.88. The van der Waals surface area contributed by atoms with Crippen molar-refractivity contribution in [2.24, 2.45) is 28.2 Å². The molecule has 0 aliphatic heterocycles. The number of rotatable bonds is 26. The number of carbonyl (C=O) groups excluding carboxylic acids is 2. The maximum atomic E-state index is 12.8. The number of methoxy groups -OCH3 is 2. The van der Waals surface area contributed by atoms with Crippen LogP contribution in [0.25, 0.3) is 0 Å². The van der Waals surface area contributed by atoms with Crippen molar-refractivity contribution < 1.29 is 38.4 Å². The summed E-state index contributed by atoms with van der Waals surface area (Å²) < 4.78 is 25.5. The van der Waals surface area contributed by atoms with E-state index in [-0.39, 0.29) is 62.3 Å². The molecular formula is C42H56N10O14. The number of anilines is 2. The van der Waals surface area contributed by atoms with Crippen molar-refractivity contribution in [1.29, 1.82) is 0 Å². The third-order valence-corrected chi connectivity index (χ3v) is 10.7. The lowest BCUT2D eigenvalue weighted by atomic mass is 10.1. The molecule has 0 bridgehead atoms. The summed E-state index contributed by atoms with van der Waals surface area (Å²) in [6.07, 6.45) is 2.21. The van der Waals surface area contributed by atoms with Gasteiger partial charge in [0.15, 0.2) is 11.5 Å². The highest BCUT2D eigenvalue weighted by atomic mass is 16.6. The Kier molecular flexibility index (Phi) is 19.2. The summed E-state index contributed by atoms with van der Waals surface area (Å²) in [6, 6.07) is 11.8. The van der Waals surface area contributed by atoms with E-state index in [0.717, 1.165) is 20.3 Å².